The molecule has 0 radical (unpaired) electrons. The number of benzene rings is 1. The van der Waals surface area contributed by atoms with Gasteiger partial charge in [0.05, 0.1) is 12.2 Å². The molecule has 6 heteroatoms. The fourth-order valence-electron chi connectivity index (χ4n) is 1.83. The van der Waals surface area contributed by atoms with Crippen molar-refractivity contribution in [3.8, 4) is 0 Å². The lowest BCUT2D eigenvalue weighted by Crippen LogP contribution is -2.56. The summed E-state index contributed by atoms with van der Waals surface area (Å²) in [7, 11) is -1.25. The second-order valence-electron chi connectivity index (χ2n) is 4.08. The number of amides is 1. The van der Waals surface area contributed by atoms with E-state index in [1.165, 1.54) is 4.90 Å². The third kappa shape index (κ3) is 2.76. The Morgan fingerprint density at radius 3 is 2.61 bits per heavy atom. The van der Waals surface area contributed by atoms with Crippen molar-refractivity contribution in [3.05, 3.63) is 35.9 Å². The Hall–Kier alpha value is -1.69. The molecule has 96 valence electrons. The van der Waals surface area contributed by atoms with E-state index in [-0.39, 0.29) is 18.9 Å². The third-order valence-electron chi connectivity index (χ3n) is 2.78. The molecule has 1 aromatic carbocycles. The molecular formula is C12H13NO4S. The number of carbonyl (C=O) groups is 2. The monoisotopic (exact) mass is 267 g/mol. The minimum absolute atomic E-state index is 0.173. The summed E-state index contributed by atoms with van der Waals surface area (Å²) in [6, 6.07) is 9.30. The van der Waals surface area contributed by atoms with E-state index in [0.29, 0.717) is 5.75 Å². The summed E-state index contributed by atoms with van der Waals surface area (Å²) in [5.41, 5.74) is 0.922. The lowest BCUT2D eigenvalue weighted by molar-refractivity contribution is -0.151. The van der Waals surface area contributed by atoms with Crippen LogP contribution in [0.1, 0.15) is 12.0 Å². The Balaban J connectivity index is 1.98. The average molecular weight is 267 g/mol. The molecule has 0 aliphatic carbocycles. The zero-order valence-corrected chi connectivity index (χ0v) is 10.4. The van der Waals surface area contributed by atoms with E-state index in [9.17, 15) is 13.8 Å². The highest BCUT2D eigenvalue weighted by Crippen LogP contribution is 2.23. The van der Waals surface area contributed by atoms with E-state index in [0.717, 1.165) is 5.56 Å². The van der Waals surface area contributed by atoms with Crippen LogP contribution in [-0.4, -0.2) is 38.0 Å². The van der Waals surface area contributed by atoms with Crippen molar-refractivity contribution < 1.29 is 18.9 Å². The van der Waals surface area contributed by atoms with E-state index < -0.39 is 22.1 Å². The van der Waals surface area contributed by atoms with Crippen LogP contribution < -0.4 is 0 Å². The maximum absolute atomic E-state index is 12.1. The Bertz CT molecular complexity index is 488. The van der Waals surface area contributed by atoms with Crippen LogP contribution in [0, 0.1) is 0 Å². The molecule has 0 spiro atoms. The molecular weight excluding hydrogens is 254 g/mol. The smallest absolute Gasteiger partial charge is 0.323 e. The van der Waals surface area contributed by atoms with E-state index in [4.69, 9.17) is 5.11 Å². The van der Waals surface area contributed by atoms with Crippen LogP contribution in [0.2, 0.25) is 0 Å². The van der Waals surface area contributed by atoms with Gasteiger partial charge in [-0.05, 0) is 5.56 Å². The number of carboxylic acid groups (broad SMARTS) is 1. The van der Waals surface area contributed by atoms with Gasteiger partial charge in [-0.3, -0.25) is 13.8 Å². The van der Waals surface area contributed by atoms with Crippen molar-refractivity contribution in [1.29, 1.82) is 0 Å². The second-order valence-corrected chi connectivity index (χ2v) is 5.68. The highest BCUT2D eigenvalue weighted by molar-refractivity contribution is 7.84. The standard InChI is InChI=1S/C12H13NO4S/c14-10-6-11(13(10)7-12(15)16)18(17)8-9-4-2-1-3-5-9/h1-5,11H,6-8H2,(H,15,16). The molecule has 2 unspecified atom stereocenters. The number of likely N-dealkylation sites (tertiary alicyclic amines) is 1. The first kappa shape index (κ1) is 12.8. The molecule has 1 heterocycles. The summed E-state index contributed by atoms with van der Waals surface area (Å²) in [4.78, 5) is 23.0. The topological polar surface area (TPSA) is 74.7 Å². The van der Waals surface area contributed by atoms with Gasteiger partial charge in [-0.25, -0.2) is 0 Å². The van der Waals surface area contributed by atoms with Crippen LogP contribution in [0.3, 0.4) is 0 Å². The molecule has 1 fully saturated rings. The highest BCUT2D eigenvalue weighted by atomic mass is 32.2. The number of hydrogen-bond acceptors (Lipinski definition) is 3. The Kier molecular flexibility index (Phi) is 3.76. The van der Waals surface area contributed by atoms with E-state index >= 15 is 0 Å². The molecule has 0 bridgehead atoms. The number of rotatable bonds is 5. The Morgan fingerprint density at radius 2 is 2.06 bits per heavy atom. The van der Waals surface area contributed by atoms with E-state index in [1.54, 1.807) is 0 Å². The van der Waals surface area contributed by atoms with Crippen LogP contribution in [0.5, 0.6) is 0 Å². The number of β-lactam (4-membered cyclic amide) rings is 1. The maximum atomic E-state index is 12.1. The highest BCUT2D eigenvalue weighted by Gasteiger charge is 2.41. The molecule has 18 heavy (non-hydrogen) atoms. The van der Waals surface area contributed by atoms with Gasteiger partial charge in [0.1, 0.15) is 11.9 Å². The molecule has 1 aliphatic heterocycles. The van der Waals surface area contributed by atoms with Gasteiger partial charge in [-0.2, -0.15) is 0 Å². The largest absolute Gasteiger partial charge is 0.480 e. The quantitative estimate of drug-likeness (QED) is 0.792. The lowest BCUT2D eigenvalue weighted by atomic mass is 10.2. The first-order chi connectivity index (χ1) is 8.58. The summed E-state index contributed by atoms with van der Waals surface area (Å²) in [6.45, 7) is -0.371. The van der Waals surface area contributed by atoms with Crippen molar-refractivity contribution in [2.24, 2.45) is 0 Å². The normalized spacial score (nSPS) is 20.3. The predicted octanol–water partition coefficient (Wildman–Crippen LogP) is 0.578. The van der Waals surface area contributed by atoms with Crippen LogP contribution in [0.15, 0.2) is 30.3 Å². The summed E-state index contributed by atoms with van der Waals surface area (Å²) >= 11 is 0. The minimum Gasteiger partial charge on any atom is -0.480 e. The molecule has 5 nitrogen and oxygen atoms in total. The zero-order chi connectivity index (χ0) is 13.1. The first-order valence-electron chi connectivity index (χ1n) is 5.50. The third-order valence-corrected chi connectivity index (χ3v) is 4.42. The average Bonchev–Trinajstić information content (AvgIpc) is 2.34. The maximum Gasteiger partial charge on any atom is 0.323 e. The van der Waals surface area contributed by atoms with Gasteiger partial charge in [-0.15, -0.1) is 0 Å². The minimum atomic E-state index is -1.25. The fourth-order valence-corrected chi connectivity index (χ4v) is 3.35. The zero-order valence-electron chi connectivity index (χ0n) is 9.61. The number of carboxylic acids is 1. The lowest BCUT2D eigenvalue weighted by Gasteiger charge is -2.38. The van der Waals surface area contributed by atoms with Gasteiger partial charge >= 0.3 is 5.97 Å². The summed E-state index contributed by atoms with van der Waals surface area (Å²) in [6.07, 6.45) is 0.173. The van der Waals surface area contributed by atoms with Crippen molar-refractivity contribution in [2.45, 2.75) is 17.5 Å². The summed E-state index contributed by atoms with van der Waals surface area (Å²) < 4.78 is 12.1. The van der Waals surface area contributed by atoms with Gasteiger partial charge in [0.15, 0.2) is 0 Å². The van der Waals surface area contributed by atoms with Gasteiger partial charge in [0.25, 0.3) is 0 Å². The van der Waals surface area contributed by atoms with Crippen molar-refractivity contribution >= 4 is 22.7 Å². The number of aliphatic carboxylic acids is 1. The second kappa shape index (κ2) is 5.30. The summed E-state index contributed by atoms with van der Waals surface area (Å²) in [5.74, 6) is -0.983. The van der Waals surface area contributed by atoms with Gasteiger partial charge in [-0.1, -0.05) is 30.3 Å². The Morgan fingerprint density at radius 1 is 1.39 bits per heavy atom. The number of carbonyl (C=O) groups excluding carboxylic acids is 1. The van der Waals surface area contributed by atoms with E-state index in [1.807, 2.05) is 30.3 Å². The van der Waals surface area contributed by atoms with Gasteiger partial charge in [0, 0.05) is 10.8 Å². The predicted molar refractivity (Wildman–Crippen MR) is 66.0 cm³/mol. The van der Waals surface area contributed by atoms with Crippen molar-refractivity contribution in [3.63, 3.8) is 0 Å². The molecule has 2 atom stereocenters. The molecule has 1 aromatic rings. The molecule has 1 aliphatic rings. The summed E-state index contributed by atoms with van der Waals surface area (Å²) in [5, 5.41) is 8.20. The van der Waals surface area contributed by atoms with E-state index in [2.05, 4.69) is 0 Å². The molecule has 2 rings (SSSR count). The van der Waals surface area contributed by atoms with Crippen LogP contribution in [0.4, 0.5) is 0 Å². The van der Waals surface area contributed by atoms with Gasteiger partial charge < -0.3 is 10.0 Å². The number of hydrogen-bond donors (Lipinski definition) is 1. The van der Waals surface area contributed by atoms with Gasteiger partial charge in [0.2, 0.25) is 5.91 Å². The first-order valence-corrected chi connectivity index (χ1v) is 6.88. The fraction of sp³-hybridized carbons (Fsp3) is 0.333. The Labute approximate surface area is 107 Å². The van der Waals surface area contributed by atoms with Crippen molar-refractivity contribution in [1.82, 2.24) is 4.90 Å². The van der Waals surface area contributed by atoms with Crippen molar-refractivity contribution in [2.75, 3.05) is 6.54 Å². The van der Waals surface area contributed by atoms with Crippen LogP contribution in [-0.2, 0) is 26.1 Å². The number of nitrogens with zero attached hydrogens (tertiary/aromatic N) is 1. The SMILES string of the molecule is O=C(O)CN1C(=O)CC1S(=O)Cc1ccccc1. The molecule has 0 saturated carbocycles. The van der Waals surface area contributed by atoms with Crippen LogP contribution >= 0.6 is 0 Å². The molecule has 1 saturated heterocycles. The molecule has 0 aromatic heterocycles. The van der Waals surface area contributed by atoms with Crippen LogP contribution in [0.25, 0.3) is 0 Å². The molecule has 1 amide bonds. The molecule has 1 N–H and O–H groups in total.